The van der Waals surface area contributed by atoms with Gasteiger partial charge in [-0.15, -0.1) is 0 Å². The Balaban J connectivity index is 3.30. The van der Waals surface area contributed by atoms with Gasteiger partial charge in [0.25, 0.3) is 0 Å². The van der Waals surface area contributed by atoms with Gasteiger partial charge in [-0.2, -0.15) is 0 Å². The molecule has 0 saturated heterocycles. The second-order valence-corrected chi connectivity index (χ2v) is 2.63. The first kappa shape index (κ1) is 10.2. The second kappa shape index (κ2) is 5.96. The van der Waals surface area contributed by atoms with Gasteiger partial charge in [-0.1, -0.05) is 26.3 Å². The normalized spacial score (nSPS) is 9.27. The number of carbonyl (C=O) groups is 1. The van der Waals surface area contributed by atoms with Crippen molar-refractivity contribution in [2.24, 2.45) is 0 Å². The predicted octanol–water partition coefficient (Wildman–Crippen LogP) is 2.64. The largest absolute Gasteiger partial charge is 0.432 e. The smallest absolute Gasteiger partial charge is 0.310 e. The number of ether oxygens (including phenoxy) is 1. The van der Waals surface area contributed by atoms with Crippen molar-refractivity contribution in [1.29, 1.82) is 0 Å². The minimum Gasteiger partial charge on any atom is -0.432 e. The van der Waals surface area contributed by atoms with Gasteiger partial charge in [-0.25, -0.2) is 0 Å². The molecule has 0 aliphatic rings. The summed E-state index contributed by atoms with van der Waals surface area (Å²) in [6, 6.07) is 0. The van der Waals surface area contributed by atoms with Gasteiger partial charge in [0.15, 0.2) is 0 Å². The van der Waals surface area contributed by atoms with Crippen LogP contribution in [0.2, 0.25) is 0 Å². The van der Waals surface area contributed by atoms with E-state index in [1.165, 1.54) is 0 Å². The molecule has 0 radical (unpaired) electrons. The third kappa shape index (κ3) is 7.10. The fourth-order valence-corrected chi connectivity index (χ4v) is 0.765. The van der Waals surface area contributed by atoms with E-state index in [1.54, 1.807) is 6.92 Å². The SMILES string of the molecule is C=C(C)OC(=O)CCCCC. The van der Waals surface area contributed by atoms with Crippen LogP contribution < -0.4 is 0 Å². The Morgan fingerprint density at radius 1 is 1.45 bits per heavy atom. The molecule has 0 aliphatic heterocycles. The quantitative estimate of drug-likeness (QED) is 0.347. The number of hydrogen-bond donors (Lipinski definition) is 0. The van der Waals surface area contributed by atoms with Gasteiger partial charge < -0.3 is 4.74 Å². The molecule has 0 aromatic carbocycles. The molecule has 0 atom stereocenters. The number of carbonyl (C=O) groups excluding carboxylic acids is 1. The molecule has 0 rings (SSSR count). The second-order valence-electron chi connectivity index (χ2n) is 2.63. The van der Waals surface area contributed by atoms with Crippen molar-refractivity contribution in [3.8, 4) is 0 Å². The van der Waals surface area contributed by atoms with Gasteiger partial charge >= 0.3 is 5.97 Å². The number of unbranched alkanes of at least 4 members (excludes halogenated alkanes) is 2. The molecule has 0 fully saturated rings. The van der Waals surface area contributed by atoms with Crippen molar-refractivity contribution >= 4 is 5.97 Å². The number of hydrogen-bond acceptors (Lipinski definition) is 2. The Kier molecular flexibility index (Phi) is 5.53. The molecule has 0 bridgehead atoms. The summed E-state index contributed by atoms with van der Waals surface area (Å²) >= 11 is 0. The van der Waals surface area contributed by atoms with E-state index in [0.29, 0.717) is 12.2 Å². The van der Waals surface area contributed by atoms with Gasteiger partial charge in [0.2, 0.25) is 0 Å². The van der Waals surface area contributed by atoms with E-state index in [9.17, 15) is 4.79 Å². The van der Waals surface area contributed by atoms with E-state index < -0.39 is 0 Å². The Hall–Kier alpha value is -0.790. The molecule has 0 aromatic heterocycles. The summed E-state index contributed by atoms with van der Waals surface area (Å²) in [5, 5.41) is 0. The van der Waals surface area contributed by atoms with E-state index in [1.807, 2.05) is 0 Å². The molecular weight excluding hydrogens is 140 g/mol. The van der Waals surface area contributed by atoms with Crippen molar-refractivity contribution in [2.45, 2.75) is 39.5 Å². The first-order chi connectivity index (χ1) is 5.16. The van der Waals surface area contributed by atoms with Crippen molar-refractivity contribution in [2.75, 3.05) is 0 Å². The van der Waals surface area contributed by atoms with Crippen LogP contribution in [-0.4, -0.2) is 5.97 Å². The Morgan fingerprint density at radius 3 is 2.55 bits per heavy atom. The summed E-state index contributed by atoms with van der Waals surface area (Å²) in [7, 11) is 0. The monoisotopic (exact) mass is 156 g/mol. The fourth-order valence-electron chi connectivity index (χ4n) is 0.765. The van der Waals surface area contributed by atoms with E-state index in [0.717, 1.165) is 19.3 Å². The van der Waals surface area contributed by atoms with Crippen molar-refractivity contribution < 1.29 is 9.53 Å². The maximum Gasteiger partial charge on any atom is 0.310 e. The van der Waals surface area contributed by atoms with Gasteiger partial charge in [0, 0.05) is 6.42 Å². The van der Waals surface area contributed by atoms with Gasteiger partial charge in [-0.3, -0.25) is 4.79 Å². The maximum atomic E-state index is 10.8. The molecule has 0 amide bonds. The third-order valence-corrected chi connectivity index (χ3v) is 1.27. The summed E-state index contributed by atoms with van der Waals surface area (Å²) in [6.45, 7) is 7.26. The molecule has 0 saturated carbocycles. The molecule has 64 valence electrons. The molecular formula is C9H16O2. The Labute approximate surface area is 68.2 Å². The van der Waals surface area contributed by atoms with Crippen molar-refractivity contribution in [3.05, 3.63) is 12.3 Å². The molecule has 11 heavy (non-hydrogen) atoms. The van der Waals surface area contributed by atoms with Crippen LogP contribution in [0.4, 0.5) is 0 Å². The topological polar surface area (TPSA) is 26.3 Å². The van der Waals surface area contributed by atoms with E-state index in [2.05, 4.69) is 13.5 Å². The molecule has 2 heteroatoms. The van der Waals surface area contributed by atoms with Crippen LogP contribution in [-0.2, 0) is 9.53 Å². The van der Waals surface area contributed by atoms with Crippen LogP contribution in [0.1, 0.15) is 39.5 Å². The summed E-state index contributed by atoms with van der Waals surface area (Å²) in [5.41, 5.74) is 0. The minimum absolute atomic E-state index is 0.161. The highest BCUT2D eigenvalue weighted by molar-refractivity contribution is 5.70. The summed E-state index contributed by atoms with van der Waals surface area (Å²) in [5.74, 6) is 0.317. The van der Waals surface area contributed by atoms with Crippen LogP contribution in [0.3, 0.4) is 0 Å². The number of esters is 1. The van der Waals surface area contributed by atoms with E-state index >= 15 is 0 Å². The summed E-state index contributed by atoms with van der Waals surface area (Å²) in [4.78, 5) is 10.8. The molecule has 0 N–H and O–H groups in total. The zero-order chi connectivity index (χ0) is 8.69. The van der Waals surface area contributed by atoms with Crippen LogP contribution in [0, 0.1) is 0 Å². The molecule has 2 nitrogen and oxygen atoms in total. The minimum atomic E-state index is -0.161. The molecule has 0 spiro atoms. The standard InChI is InChI=1S/C9H16O2/c1-4-5-6-7-9(10)11-8(2)3/h2,4-7H2,1,3H3. The van der Waals surface area contributed by atoms with Crippen LogP contribution >= 0.6 is 0 Å². The average molecular weight is 156 g/mol. The highest BCUT2D eigenvalue weighted by Gasteiger charge is 2.00. The van der Waals surface area contributed by atoms with Crippen LogP contribution in [0.5, 0.6) is 0 Å². The molecule has 0 heterocycles. The zero-order valence-electron chi connectivity index (χ0n) is 7.35. The fraction of sp³-hybridized carbons (Fsp3) is 0.667. The lowest BCUT2D eigenvalue weighted by molar-refractivity contribution is -0.139. The molecule has 0 aliphatic carbocycles. The zero-order valence-corrected chi connectivity index (χ0v) is 7.35. The van der Waals surface area contributed by atoms with Crippen molar-refractivity contribution in [3.63, 3.8) is 0 Å². The molecule has 0 aromatic rings. The van der Waals surface area contributed by atoms with Crippen LogP contribution in [0.15, 0.2) is 12.3 Å². The predicted molar refractivity (Wildman–Crippen MR) is 45.0 cm³/mol. The highest BCUT2D eigenvalue weighted by Crippen LogP contribution is 2.02. The summed E-state index contributed by atoms with van der Waals surface area (Å²) < 4.78 is 4.76. The van der Waals surface area contributed by atoms with Gasteiger partial charge in [-0.05, 0) is 13.3 Å². The first-order valence-electron chi connectivity index (χ1n) is 4.03. The highest BCUT2D eigenvalue weighted by atomic mass is 16.5. The van der Waals surface area contributed by atoms with Gasteiger partial charge in [0.05, 0.1) is 5.76 Å². The molecule has 0 unspecified atom stereocenters. The van der Waals surface area contributed by atoms with E-state index in [-0.39, 0.29) is 5.97 Å². The van der Waals surface area contributed by atoms with Crippen LogP contribution in [0.25, 0.3) is 0 Å². The van der Waals surface area contributed by atoms with Crippen molar-refractivity contribution in [1.82, 2.24) is 0 Å². The lowest BCUT2D eigenvalue weighted by Crippen LogP contribution is -2.01. The third-order valence-electron chi connectivity index (χ3n) is 1.27. The maximum absolute atomic E-state index is 10.8. The number of rotatable bonds is 5. The average Bonchev–Trinajstić information content (AvgIpc) is 1.86. The Bertz CT molecular complexity index is 138. The Morgan fingerprint density at radius 2 is 2.09 bits per heavy atom. The number of allylic oxidation sites excluding steroid dienone is 1. The lowest BCUT2D eigenvalue weighted by atomic mass is 10.2. The summed E-state index contributed by atoms with van der Waals surface area (Å²) in [6.07, 6.45) is 3.65. The van der Waals surface area contributed by atoms with E-state index in [4.69, 9.17) is 4.74 Å². The van der Waals surface area contributed by atoms with Gasteiger partial charge in [0.1, 0.15) is 0 Å². The lowest BCUT2D eigenvalue weighted by Gasteiger charge is -2.01. The first-order valence-corrected chi connectivity index (χ1v) is 4.03.